The first kappa shape index (κ1) is 18.2. The van der Waals surface area contributed by atoms with Gasteiger partial charge in [0.1, 0.15) is 34.9 Å². The molecule has 0 saturated carbocycles. The largest absolute Gasteiger partial charge is 0.370 e. The normalized spacial score (nSPS) is 18.2. The first-order chi connectivity index (χ1) is 13.3. The van der Waals surface area contributed by atoms with E-state index in [-0.39, 0.29) is 6.10 Å². The highest BCUT2D eigenvalue weighted by molar-refractivity contribution is 7.96. The first-order valence-corrected chi connectivity index (χ1v) is 11.5. The second kappa shape index (κ2) is 8.21. The lowest BCUT2D eigenvalue weighted by molar-refractivity contribution is 0.0802. The minimum absolute atomic E-state index is 0.132. The lowest BCUT2D eigenvalue weighted by Crippen LogP contribution is -2.43. The molecule has 1 heterocycles. The zero-order valence-electron chi connectivity index (χ0n) is 15.7. The van der Waals surface area contributed by atoms with Gasteiger partial charge >= 0.3 is 0 Å². The molecule has 0 fully saturated rings. The molecule has 27 heavy (non-hydrogen) atoms. The van der Waals surface area contributed by atoms with Crippen molar-refractivity contribution in [3.63, 3.8) is 0 Å². The van der Waals surface area contributed by atoms with Crippen LogP contribution in [-0.2, 0) is 4.74 Å². The summed E-state index contributed by atoms with van der Waals surface area (Å²) in [6.07, 6.45) is 5.70. The Kier molecular flexibility index (Phi) is 5.53. The van der Waals surface area contributed by atoms with Gasteiger partial charge in [-0.15, -0.1) is 0 Å². The number of hydrogen-bond acceptors (Lipinski definition) is 1. The summed E-state index contributed by atoms with van der Waals surface area (Å²) in [4.78, 5) is 0. The lowest BCUT2D eigenvalue weighted by atomic mass is 10.2. The number of benzene rings is 3. The van der Waals surface area contributed by atoms with Gasteiger partial charge in [-0.1, -0.05) is 66.7 Å². The predicted octanol–water partition coefficient (Wildman–Crippen LogP) is 4.71. The molecule has 3 aromatic rings. The molecule has 2 unspecified atom stereocenters. The van der Waals surface area contributed by atoms with E-state index in [1.165, 1.54) is 15.9 Å². The summed E-state index contributed by atoms with van der Waals surface area (Å²) in [6, 6.07) is 33.1. The quantitative estimate of drug-likeness (QED) is 0.465. The van der Waals surface area contributed by atoms with E-state index >= 15 is 0 Å². The van der Waals surface area contributed by atoms with Gasteiger partial charge in [-0.25, -0.2) is 0 Å². The van der Waals surface area contributed by atoms with E-state index in [4.69, 9.17) is 4.74 Å². The Hall–Kier alpha value is -2.21. The molecule has 2 heteroatoms. The van der Waals surface area contributed by atoms with Crippen LogP contribution >= 0.6 is 7.26 Å². The molecule has 136 valence electrons. The summed E-state index contributed by atoms with van der Waals surface area (Å²) in [5.74, 6) is 0. The maximum atomic E-state index is 6.25. The summed E-state index contributed by atoms with van der Waals surface area (Å²) in [7, 11) is -1.89. The molecule has 1 aliphatic rings. The molecule has 0 N–H and O–H groups in total. The zero-order valence-corrected chi connectivity index (χ0v) is 16.6. The van der Waals surface area contributed by atoms with Gasteiger partial charge in [0, 0.05) is 0 Å². The molecule has 0 aliphatic carbocycles. The van der Waals surface area contributed by atoms with Crippen molar-refractivity contribution >= 4 is 23.2 Å². The molecular formula is C25H26OP+. The van der Waals surface area contributed by atoms with Crippen molar-refractivity contribution in [1.82, 2.24) is 0 Å². The Morgan fingerprint density at radius 2 is 1.19 bits per heavy atom. The maximum Gasteiger partial charge on any atom is 0.117 e. The third kappa shape index (κ3) is 3.38. The molecule has 4 rings (SSSR count). The van der Waals surface area contributed by atoms with Crippen LogP contribution in [0.4, 0.5) is 0 Å². The van der Waals surface area contributed by atoms with Crippen LogP contribution < -0.4 is 15.9 Å². The topological polar surface area (TPSA) is 9.23 Å². The van der Waals surface area contributed by atoms with Gasteiger partial charge in [-0.2, -0.15) is 0 Å². The fraction of sp³-hybridized carbons (Fsp3) is 0.200. The van der Waals surface area contributed by atoms with Crippen molar-refractivity contribution in [2.75, 3.05) is 6.61 Å². The molecule has 0 saturated heterocycles. The molecule has 0 spiro atoms. The van der Waals surface area contributed by atoms with E-state index < -0.39 is 7.26 Å². The van der Waals surface area contributed by atoms with Crippen LogP contribution in [-0.4, -0.2) is 18.4 Å². The number of ether oxygens (including phenoxy) is 1. The highest BCUT2D eigenvalue weighted by Gasteiger charge is 2.53. The Morgan fingerprint density at radius 1 is 0.741 bits per heavy atom. The monoisotopic (exact) mass is 373 g/mol. The third-order valence-electron chi connectivity index (χ3n) is 5.50. The van der Waals surface area contributed by atoms with Gasteiger partial charge in [0.2, 0.25) is 0 Å². The fourth-order valence-electron chi connectivity index (χ4n) is 4.22. The van der Waals surface area contributed by atoms with Crippen molar-refractivity contribution in [3.8, 4) is 0 Å². The van der Waals surface area contributed by atoms with Gasteiger partial charge in [0.05, 0.1) is 6.61 Å². The molecule has 1 aliphatic heterocycles. The Bertz CT molecular complexity index is 777. The van der Waals surface area contributed by atoms with Gasteiger partial charge in [-0.05, 0) is 49.7 Å². The van der Waals surface area contributed by atoms with Crippen LogP contribution in [0.2, 0.25) is 0 Å². The minimum Gasteiger partial charge on any atom is -0.370 e. The molecule has 1 nitrogen and oxygen atoms in total. The second-order valence-electron chi connectivity index (χ2n) is 7.02. The molecule has 0 radical (unpaired) electrons. The summed E-state index contributed by atoms with van der Waals surface area (Å²) in [5.41, 5.74) is 0.348. The predicted molar refractivity (Wildman–Crippen MR) is 118 cm³/mol. The second-order valence-corrected chi connectivity index (χ2v) is 10.8. The smallest absolute Gasteiger partial charge is 0.117 e. The zero-order chi connectivity index (χ0) is 18.5. The van der Waals surface area contributed by atoms with E-state index in [0.29, 0.717) is 5.66 Å². The highest BCUT2D eigenvalue weighted by Crippen LogP contribution is 2.61. The van der Waals surface area contributed by atoms with Crippen molar-refractivity contribution in [2.45, 2.75) is 25.1 Å². The van der Waals surface area contributed by atoms with E-state index in [1.807, 2.05) is 0 Å². The van der Waals surface area contributed by atoms with E-state index in [9.17, 15) is 0 Å². The highest BCUT2D eigenvalue weighted by atomic mass is 31.2. The van der Waals surface area contributed by atoms with Crippen molar-refractivity contribution in [2.24, 2.45) is 0 Å². The average Bonchev–Trinajstić information content (AvgIpc) is 2.77. The lowest BCUT2D eigenvalue weighted by Gasteiger charge is -2.36. The van der Waals surface area contributed by atoms with E-state index in [2.05, 4.69) is 110 Å². The van der Waals surface area contributed by atoms with Gasteiger partial charge in [-0.3, -0.25) is 0 Å². The molecule has 3 aromatic carbocycles. The van der Waals surface area contributed by atoms with Crippen LogP contribution in [0.5, 0.6) is 0 Å². The fourth-order valence-corrected chi connectivity index (χ4v) is 9.08. The average molecular weight is 373 g/mol. The SMILES string of the molecule is CC(C1C=CCCO1)[P+](c1ccccc1)(c1ccccc1)c1ccccc1. The molecule has 0 bridgehead atoms. The third-order valence-corrected chi connectivity index (χ3v) is 10.4. The van der Waals surface area contributed by atoms with Crippen LogP contribution in [0.1, 0.15) is 13.3 Å². The van der Waals surface area contributed by atoms with Crippen LogP contribution in [0.3, 0.4) is 0 Å². The summed E-state index contributed by atoms with van der Waals surface area (Å²) >= 11 is 0. The van der Waals surface area contributed by atoms with Crippen molar-refractivity contribution in [3.05, 3.63) is 103 Å². The number of rotatable bonds is 5. The van der Waals surface area contributed by atoms with Crippen LogP contribution in [0, 0.1) is 0 Å². The molecule has 2 atom stereocenters. The maximum absolute atomic E-state index is 6.25. The van der Waals surface area contributed by atoms with Crippen molar-refractivity contribution in [1.29, 1.82) is 0 Å². The molecule has 0 aromatic heterocycles. The number of hydrogen-bond donors (Lipinski definition) is 0. The molecule has 0 amide bonds. The Balaban J connectivity index is 2.00. The Morgan fingerprint density at radius 3 is 1.56 bits per heavy atom. The van der Waals surface area contributed by atoms with Gasteiger partial charge in [0.15, 0.2) is 0 Å². The van der Waals surface area contributed by atoms with E-state index in [1.54, 1.807) is 0 Å². The summed E-state index contributed by atoms with van der Waals surface area (Å²) in [6.45, 7) is 3.19. The Labute approximate surface area is 163 Å². The standard InChI is InChI=1S/C25H26OP/c1-21(25-19-11-12-20-26-25)27(22-13-5-2-6-14-22,23-15-7-3-8-16-23)24-17-9-4-10-18-24/h2-11,13-19,21,25H,12,20H2,1H3/q+1. The van der Waals surface area contributed by atoms with Crippen LogP contribution in [0.25, 0.3) is 0 Å². The minimum atomic E-state index is -1.89. The van der Waals surface area contributed by atoms with E-state index in [0.717, 1.165) is 13.0 Å². The van der Waals surface area contributed by atoms with Crippen molar-refractivity contribution < 1.29 is 4.74 Å². The molecular weight excluding hydrogens is 347 g/mol. The summed E-state index contributed by atoms with van der Waals surface area (Å²) < 4.78 is 6.25. The first-order valence-electron chi connectivity index (χ1n) is 9.67. The van der Waals surface area contributed by atoms with Gasteiger partial charge in [0.25, 0.3) is 0 Å². The van der Waals surface area contributed by atoms with Crippen LogP contribution in [0.15, 0.2) is 103 Å². The van der Waals surface area contributed by atoms with Gasteiger partial charge < -0.3 is 4.74 Å². The summed E-state index contributed by atoms with van der Waals surface area (Å²) in [5, 5.41) is 4.24.